The number of aliphatic hydroxyl groups is 3. The Morgan fingerprint density at radius 2 is 1.28 bits per heavy atom. The highest BCUT2D eigenvalue weighted by Gasteiger charge is 2.45. The lowest BCUT2D eigenvalue weighted by atomic mass is 9.87. The molecular formula is C28H56O4. The van der Waals surface area contributed by atoms with E-state index in [0.29, 0.717) is 24.4 Å². The molecule has 9 atom stereocenters. The molecule has 32 heavy (non-hydrogen) atoms. The molecule has 3 N–H and O–H groups in total. The van der Waals surface area contributed by atoms with Crippen molar-refractivity contribution in [1.82, 2.24) is 0 Å². The molecule has 1 heterocycles. The molecule has 1 saturated heterocycles. The first-order valence-electron chi connectivity index (χ1n) is 13.8. The summed E-state index contributed by atoms with van der Waals surface area (Å²) in [7, 11) is 0. The van der Waals surface area contributed by atoms with E-state index in [0.717, 1.165) is 37.5 Å². The fourth-order valence-electron chi connectivity index (χ4n) is 5.38. The Bertz CT molecular complexity index is 457. The van der Waals surface area contributed by atoms with Gasteiger partial charge in [0.25, 0.3) is 0 Å². The highest BCUT2D eigenvalue weighted by atomic mass is 16.6. The van der Waals surface area contributed by atoms with Gasteiger partial charge in [-0.1, -0.05) is 80.1 Å². The smallest absolute Gasteiger partial charge is 0.0892 e. The molecule has 1 aliphatic rings. The number of aliphatic hydroxyl groups excluding tert-OH is 3. The molecule has 0 radical (unpaired) electrons. The lowest BCUT2D eigenvalue weighted by Crippen LogP contribution is -2.23. The second kappa shape index (κ2) is 16.5. The molecule has 1 rings (SSSR count). The Balaban J connectivity index is 2.06. The summed E-state index contributed by atoms with van der Waals surface area (Å²) in [5.41, 5.74) is 0. The van der Waals surface area contributed by atoms with E-state index in [9.17, 15) is 10.2 Å². The maximum absolute atomic E-state index is 10.0. The van der Waals surface area contributed by atoms with Gasteiger partial charge in [-0.05, 0) is 62.2 Å². The van der Waals surface area contributed by atoms with Crippen molar-refractivity contribution in [3.8, 4) is 0 Å². The Hall–Kier alpha value is -0.160. The van der Waals surface area contributed by atoms with E-state index in [1.165, 1.54) is 44.9 Å². The van der Waals surface area contributed by atoms with Crippen LogP contribution in [0.5, 0.6) is 0 Å². The normalized spacial score (nSPS) is 25.0. The molecule has 0 aromatic rings. The van der Waals surface area contributed by atoms with E-state index in [-0.39, 0.29) is 30.8 Å². The topological polar surface area (TPSA) is 73.2 Å². The highest BCUT2D eigenvalue weighted by molar-refractivity contribution is 4.92. The van der Waals surface area contributed by atoms with Gasteiger partial charge in [0.1, 0.15) is 0 Å². The monoisotopic (exact) mass is 456 g/mol. The Morgan fingerprint density at radius 3 is 1.84 bits per heavy atom. The van der Waals surface area contributed by atoms with Gasteiger partial charge < -0.3 is 20.1 Å². The number of rotatable bonds is 20. The zero-order valence-electron chi connectivity index (χ0n) is 22.1. The Morgan fingerprint density at radius 1 is 0.719 bits per heavy atom. The molecule has 1 fully saturated rings. The van der Waals surface area contributed by atoms with Crippen LogP contribution in [0.25, 0.3) is 0 Å². The second-order valence-corrected chi connectivity index (χ2v) is 11.5. The number of epoxide rings is 1. The third-order valence-electron chi connectivity index (χ3n) is 7.85. The SMILES string of the molecule is CCC(O)C(C)C1OC1CC(C)CCCC(C)CC(C)CCCC(C)CCC(O)CCO. The van der Waals surface area contributed by atoms with Crippen LogP contribution in [0.15, 0.2) is 0 Å². The first kappa shape index (κ1) is 29.9. The number of ether oxygens (including phenoxy) is 1. The van der Waals surface area contributed by atoms with Gasteiger partial charge in [0.15, 0.2) is 0 Å². The number of hydrogen-bond donors (Lipinski definition) is 3. The van der Waals surface area contributed by atoms with Gasteiger partial charge in [-0.25, -0.2) is 0 Å². The summed E-state index contributed by atoms with van der Waals surface area (Å²) < 4.78 is 5.86. The zero-order chi connectivity index (χ0) is 24.1. The van der Waals surface area contributed by atoms with Crippen LogP contribution in [0.1, 0.15) is 119 Å². The van der Waals surface area contributed by atoms with Gasteiger partial charge in [0.2, 0.25) is 0 Å². The molecule has 0 bridgehead atoms. The summed E-state index contributed by atoms with van der Waals surface area (Å²) in [5, 5.41) is 28.6. The van der Waals surface area contributed by atoms with Gasteiger partial charge >= 0.3 is 0 Å². The van der Waals surface area contributed by atoms with E-state index in [2.05, 4.69) is 34.6 Å². The molecule has 4 nitrogen and oxygen atoms in total. The maximum atomic E-state index is 10.0. The summed E-state index contributed by atoms with van der Waals surface area (Å²) in [6.07, 6.45) is 13.6. The van der Waals surface area contributed by atoms with Crippen molar-refractivity contribution in [1.29, 1.82) is 0 Å². The van der Waals surface area contributed by atoms with Crippen LogP contribution in [-0.2, 0) is 4.74 Å². The van der Waals surface area contributed by atoms with Gasteiger partial charge in [-0.2, -0.15) is 0 Å². The number of hydrogen-bond acceptors (Lipinski definition) is 4. The van der Waals surface area contributed by atoms with E-state index in [1.54, 1.807) is 0 Å². The first-order chi connectivity index (χ1) is 15.2. The summed E-state index contributed by atoms with van der Waals surface area (Å²) in [6, 6.07) is 0. The minimum Gasteiger partial charge on any atom is -0.396 e. The average molecular weight is 457 g/mol. The van der Waals surface area contributed by atoms with Crippen molar-refractivity contribution in [2.75, 3.05) is 6.61 Å². The molecule has 0 saturated carbocycles. The predicted molar refractivity (Wildman–Crippen MR) is 135 cm³/mol. The summed E-state index contributed by atoms with van der Waals surface area (Å²) >= 11 is 0. The van der Waals surface area contributed by atoms with Crippen molar-refractivity contribution in [3.05, 3.63) is 0 Å². The van der Waals surface area contributed by atoms with E-state index in [1.807, 2.05) is 6.92 Å². The summed E-state index contributed by atoms with van der Waals surface area (Å²) in [4.78, 5) is 0. The van der Waals surface area contributed by atoms with Crippen LogP contribution in [0, 0.1) is 29.6 Å². The third kappa shape index (κ3) is 12.9. The molecular weight excluding hydrogens is 400 g/mol. The van der Waals surface area contributed by atoms with E-state index < -0.39 is 0 Å². The molecule has 0 amide bonds. The quantitative estimate of drug-likeness (QED) is 0.187. The summed E-state index contributed by atoms with van der Waals surface area (Å²) in [6.45, 7) is 13.7. The van der Waals surface area contributed by atoms with Crippen molar-refractivity contribution >= 4 is 0 Å². The van der Waals surface area contributed by atoms with Crippen molar-refractivity contribution in [3.63, 3.8) is 0 Å². The third-order valence-corrected chi connectivity index (χ3v) is 7.85. The fraction of sp³-hybridized carbons (Fsp3) is 1.00. The molecule has 0 aromatic carbocycles. The van der Waals surface area contributed by atoms with Gasteiger partial charge in [-0.15, -0.1) is 0 Å². The Kier molecular flexibility index (Phi) is 15.4. The van der Waals surface area contributed by atoms with Crippen LogP contribution in [0.4, 0.5) is 0 Å². The van der Waals surface area contributed by atoms with Crippen LogP contribution in [-0.4, -0.2) is 46.3 Å². The molecule has 0 spiro atoms. The molecule has 0 aliphatic carbocycles. The Labute approximate surface area is 199 Å². The van der Waals surface area contributed by atoms with Crippen LogP contribution < -0.4 is 0 Å². The van der Waals surface area contributed by atoms with Crippen molar-refractivity contribution in [2.24, 2.45) is 29.6 Å². The second-order valence-electron chi connectivity index (χ2n) is 11.5. The van der Waals surface area contributed by atoms with Crippen LogP contribution >= 0.6 is 0 Å². The minimum atomic E-state index is -0.333. The van der Waals surface area contributed by atoms with Crippen LogP contribution in [0.2, 0.25) is 0 Å². The largest absolute Gasteiger partial charge is 0.396 e. The molecule has 0 aromatic heterocycles. The fourth-order valence-corrected chi connectivity index (χ4v) is 5.38. The van der Waals surface area contributed by atoms with Crippen molar-refractivity contribution < 1.29 is 20.1 Å². The molecule has 9 unspecified atom stereocenters. The molecule has 4 heteroatoms. The van der Waals surface area contributed by atoms with E-state index >= 15 is 0 Å². The molecule has 1 aliphatic heterocycles. The maximum Gasteiger partial charge on any atom is 0.0892 e. The molecule has 192 valence electrons. The van der Waals surface area contributed by atoms with E-state index in [4.69, 9.17) is 9.84 Å². The predicted octanol–water partition coefficient (Wildman–Crippen LogP) is 6.35. The van der Waals surface area contributed by atoms with Crippen molar-refractivity contribution in [2.45, 2.75) is 143 Å². The zero-order valence-corrected chi connectivity index (χ0v) is 22.1. The van der Waals surface area contributed by atoms with Gasteiger partial charge in [0, 0.05) is 12.5 Å². The standard InChI is InChI=1S/C28H56O4/c1-7-26(31)24(6)28-27(32-28)19-23(5)13-9-12-22(4)18-21(3)11-8-10-20(2)14-15-25(30)16-17-29/h20-31H,7-19H2,1-6H3. The summed E-state index contributed by atoms with van der Waals surface area (Å²) in [5.74, 6) is 3.23. The van der Waals surface area contributed by atoms with Gasteiger partial charge in [0.05, 0.1) is 24.4 Å². The lowest BCUT2D eigenvalue weighted by Gasteiger charge is -2.19. The minimum absolute atomic E-state index is 0.0862. The first-order valence-corrected chi connectivity index (χ1v) is 13.8. The lowest BCUT2D eigenvalue weighted by molar-refractivity contribution is 0.0953. The average Bonchev–Trinajstić information content (AvgIpc) is 3.50. The van der Waals surface area contributed by atoms with Crippen LogP contribution in [0.3, 0.4) is 0 Å². The highest BCUT2D eigenvalue weighted by Crippen LogP contribution is 2.37. The van der Waals surface area contributed by atoms with Gasteiger partial charge in [-0.3, -0.25) is 0 Å².